The number of hydrogen-bond acceptors (Lipinski definition) is 7. The molecule has 0 unspecified atom stereocenters. The van der Waals surface area contributed by atoms with E-state index >= 15 is 0 Å². The van der Waals surface area contributed by atoms with Gasteiger partial charge in [-0.1, -0.05) is 0 Å². The van der Waals surface area contributed by atoms with Crippen LogP contribution >= 0.6 is 0 Å². The van der Waals surface area contributed by atoms with E-state index in [-0.39, 0.29) is 28.8 Å². The molecule has 1 aromatic carbocycles. The highest BCUT2D eigenvalue weighted by atomic mass is 19.3. The van der Waals surface area contributed by atoms with Crippen LogP contribution in [0.3, 0.4) is 0 Å². The third-order valence-corrected chi connectivity index (χ3v) is 7.48. The van der Waals surface area contributed by atoms with E-state index in [1.54, 1.807) is 25.7 Å². The Bertz CT molecular complexity index is 1260. The summed E-state index contributed by atoms with van der Waals surface area (Å²) in [6.45, 7) is 6.57. The Balaban J connectivity index is 1.49. The third kappa shape index (κ3) is 4.42. The number of hydrogen-bond donors (Lipinski definition) is 1. The van der Waals surface area contributed by atoms with Gasteiger partial charge in [-0.25, -0.2) is 22.4 Å². The van der Waals surface area contributed by atoms with Crippen molar-refractivity contribution in [2.24, 2.45) is 5.41 Å². The second-order valence-corrected chi connectivity index (χ2v) is 11.6. The highest BCUT2D eigenvalue weighted by Gasteiger charge is 2.71. The lowest BCUT2D eigenvalue weighted by atomic mass is 9.97. The molecule has 3 aliphatic rings. The number of carbonyl (C=O) groups excluding carboxylic acids is 1. The molecule has 1 amide bonds. The monoisotopic (exact) mass is 526 g/mol. The fourth-order valence-corrected chi connectivity index (χ4v) is 5.45. The zero-order valence-corrected chi connectivity index (χ0v) is 21.2. The third-order valence-electron chi connectivity index (χ3n) is 7.48. The summed E-state index contributed by atoms with van der Waals surface area (Å²) in [6, 6.07) is 1.21. The van der Waals surface area contributed by atoms with Crippen LogP contribution < -0.4 is 9.64 Å². The normalized spacial score (nSPS) is 28.5. The zero-order chi connectivity index (χ0) is 27.0. The van der Waals surface area contributed by atoms with Gasteiger partial charge in [-0.3, -0.25) is 4.90 Å². The van der Waals surface area contributed by atoms with Crippen molar-refractivity contribution in [3.63, 3.8) is 0 Å². The van der Waals surface area contributed by atoms with Gasteiger partial charge in [-0.05, 0) is 46.6 Å². The number of nitrogens with zero attached hydrogens (tertiary/aromatic N) is 4. The number of aliphatic hydroxyl groups excluding tert-OH is 1. The Kier molecular flexibility index (Phi) is 5.78. The van der Waals surface area contributed by atoms with Crippen molar-refractivity contribution in [1.82, 2.24) is 14.9 Å². The second-order valence-electron chi connectivity index (χ2n) is 11.6. The molecule has 3 fully saturated rings. The molecule has 1 aromatic heterocycles. The van der Waals surface area contributed by atoms with Gasteiger partial charge in [0.25, 0.3) is 5.92 Å². The molecule has 1 saturated carbocycles. The number of aromatic nitrogens is 2. The maximum Gasteiger partial charge on any atom is 0.411 e. The molecule has 2 aliphatic heterocycles. The van der Waals surface area contributed by atoms with Crippen LogP contribution in [0.1, 0.15) is 47.0 Å². The number of piperazine rings is 1. The summed E-state index contributed by atoms with van der Waals surface area (Å²) >= 11 is 0. The minimum atomic E-state index is -3.08. The second kappa shape index (κ2) is 8.31. The number of amides is 1. The van der Waals surface area contributed by atoms with Crippen molar-refractivity contribution in [2.45, 2.75) is 70.1 Å². The lowest BCUT2D eigenvalue weighted by Gasteiger charge is -2.47. The Morgan fingerprint density at radius 1 is 1.24 bits per heavy atom. The molecule has 1 N–H and O–H groups in total. The maximum atomic E-state index is 14.8. The van der Waals surface area contributed by atoms with Gasteiger partial charge in [0.05, 0.1) is 23.6 Å². The number of alkyl halides is 2. The molecule has 202 valence electrons. The van der Waals surface area contributed by atoms with Crippen LogP contribution in [0.2, 0.25) is 0 Å². The lowest BCUT2D eigenvalue weighted by molar-refractivity contribution is -0.00295. The van der Waals surface area contributed by atoms with Crippen LogP contribution in [0.25, 0.3) is 10.9 Å². The Morgan fingerprint density at radius 2 is 1.95 bits per heavy atom. The molecular formula is C25H30F4N4O4. The zero-order valence-electron chi connectivity index (χ0n) is 21.2. The lowest BCUT2D eigenvalue weighted by Crippen LogP contribution is -2.63. The molecule has 3 atom stereocenters. The number of carbonyl (C=O) groups is 1. The molecular weight excluding hydrogens is 496 g/mol. The molecule has 5 rings (SSSR count). The Labute approximate surface area is 211 Å². The summed E-state index contributed by atoms with van der Waals surface area (Å²) < 4.78 is 67.7. The van der Waals surface area contributed by atoms with Crippen molar-refractivity contribution in [3.8, 4) is 6.01 Å². The molecule has 37 heavy (non-hydrogen) atoms. The molecule has 2 saturated heterocycles. The first kappa shape index (κ1) is 25.7. The summed E-state index contributed by atoms with van der Waals surface area (Å²) in [5, 5.41) is 9.56. The van der Waals surface area contributed by atoms with Crippen LogP contribution in [-0.2, 0) is 4.74 Å². The Morgan fingerprint density at radius 3 is 2.54 bits per heavy atom. The molecule has 8 nitrogen and oxygen atoms in total. The quantitative estimate of drug-likeness (QED) is 0.582. The predicted molar refractivity (Wildman–Crippen MR) is 126 cm³/mol. The number of halogens is 4. The first-order valence-corrected chi connectivity index (χ1v) is 12.2. The summed E-state index contributed by atoms with van der Waals surface area (Å²) in [4.78, 5) is 25.0. The van der Waals surface area contributed by atoms with E-state index in [0.717, 1.165) is 6.07 Å². The highest BCUT2D eigenvalue weighted by molar-refractivity contribution is 5.90. The molecule has 12 heteroatoms. The number of fused-ring (bicyclic) bond motifs is 3. The minimum absolute atomic E-state index is 0.104. The first-order chi connectivity index (χ1) is 17.2. The Hall–Kier alpha value is -2.89. The first-order valence-electron chi connectivity index (χ1n) is 12.2. The smallest absolute Gasteiger partial charge is 0.411 e. The van der Waals surface area contributed by atoms with Crippen molar-refractivity contribution in [1.29, 1.82) is 0 Å². The number of benzene rings is 1. The van der Waals surface area contributed by atoms with Crippen molar-refractivity contribution in [2.75, 3.05) is 31.2 Å². The fraction of sp³-hybridized carbons (Fsp3) is 0.640. The van der Waals surface area contributed by atoms with Crippen molar-refractivity contribution in [3.05, 3.63) is 23.8 Å². The van der Waals surface area contributed by atoms with Crippen molar-refractivity contribution >= 4 is 22.8 Å². The van der Waals surface area contributed by atoms with Gasteiger partial charge >= 0.3 is 12.1 Å². The fourth-order valence-electron chi connectivity index (χ4n) is 5.45. The van der Waals surface area contributed by atoms with E-state index in [2.05, 4.69) is 9.97 Å². The number of ether oxygens (including phenoxy) is 2. The van der Waals surface area contributed by atoms with E-state index < -0.39 is 59.8 Å². The average Bonchev–Trinajstić information content (AvgIpc) is 3.26. The summed E-state index contributed by atoms with van der Waals surface area (Å²) in [5.41, 5.74) is -3.25. The van der Waals surface area contributed by atoms with E-state index in [1.807, 2.05) is 11.8 Å². The van der Waals surface area contributed by atoms with Crippen LogP contribution in [0.4, 0.5) is 28.2 Å². The minimum Gasteiger partial charge on any atom is -0.462 e. The SMILES string of the molecule is CC(C)(C)OC(=O)N1[C@@H]2CC[C@@]1(C)CN(c1nc(OC[C@]3(CO)CC3(F)F)nc3c(F)cc(F)cc13)C2. The van der Waals surface area contributed by atoms with Gasteiger partial charge in [0.2, 0.25) is 0 Å². The standard InChI is InChI=1S/C25H30F4N4O4/c1-22(2,3)37-21(35)33-15-5-6-23(33,4)11-32(9-15)19-16-7-14(26)8-17(27)18(16)30-20(31-19)36-13-24(12-34)10-25(24,28)29/h7-8,15,34H,5-6,9-13H2,1-4H3/t15-,23+,24-/m1/s1. The van der Waals surface area contributed by atoms with Gasteiger partial charge in [0, 0.05) is 31.0 Å². The molecule has 0 radical (unpaired) electrons. The van der Waals surface area contributed by atoms with Gasteiger partial charge in [-0.2, -0.15) is 9.97 Å². The summed E-state index contributed by atoms with van der Waals surface area (Å²) in [7, 11) is 0. The molecule has 2 aromatic rings. The molecule has 1 aliphatic carbocycles. The van der Waals surface area contributed by atoms with Crippen LogP contribution in [-0.4, -0.2) is 75.5 Å². The van der Waals surface area contributed by atoms with E-state index in [9.17, 15) is 27.5 Å². The van der Waals surface area contributed by atoms with E-state index in [4.69, 9.17) is 9.47 Å². The van der Waals surface area contributed by atoms with Crippen LogP contribution in [0.15, 0.2) is 12.1 Å². The average molecular weight is 527 g/mol. The summed E-state index contributed by atoms with van der Waals surface area (Å²) in [5.74, 6) is -4.66. The van der Waals surface area contributed by atoms with Gasteiger partial charge < -0.3 is 19.5 Å². The largest absolute Gasteiger partial charge is 0.462 e. The maximum absolute atomic E-state index is 14.8. The van der Waals surface area contributed by atoms with Gasteiger partial charge in [-0.15, -0.1) is 0 Å². The molecule has 3 heterocycles. The van der Waals surface area contributed by atoms with Crippen LogP contribution in [0.5, 0.6) is 6.01 Å². The highest BCUT2D eigenvalue weighted by Crippen LogP contribution is 2.60. The summed E-state index contributed by atoms with van der Waals surface area (Å²) in [6.07, 6.45) is 0.431. The van der Waals surface area contributed by atoms with Gasteiger partial charge in [0.15, 0.2) is 5.82 Å². The molecule has 2 bridgehead atoms. The van der Waals surface area contributed by atoms with E-state index in [1.165, 1.54) is 0 Å². The topological polar surface area (TPSA) is 88.0 Å². The van der Waals surface area contributed by atoms with Crippen LogP contribution in [0, 0.1) is 17.0 Å². The number of aliphatic hydroxyl groups is 1. The number of anilines is 1. The predicted octanol–water partition coefficient (Wildman–Crippen LogP) is 4.28. The van der Waals surface area contributed by atoms with Crippen molar-refractivity contribution < 1.29 is 36.9 Å². The van der Waals surface area contributed by atoms with Gasteiger partial charge in [0.1, 0.15) is 29.4 Å². The number of rotatable bonds is 5. The van der Waals surface area contributed by atoms with E-state index in [0.29, 0.717) is 32.0 Å². The molecule has 0 spiro atoms.